The number of fused-ring (bicyclic) bond motifs is 1. The smallest absolute Gasteiger partial charge is 0.394 e. The number of aromatic carboxylic acids is 1. The van der Waals surface area contributed by atoms with Crippen LogP contribution < -0.4 is 5.32 Å². The summed E-state index contributed by atoms with van der Waals surface area (Å²) in [5.74, 6) is -4.17. The van der Waals surface area contributed by atoms with Crippen LogP contribution in [0.1, 0.15) is 10.4 Å². The largest absolute Gasteiger partial charge is 0.478 e. The Morgan fingerprint density at radius 3 is 2.59 bits per heavy atom. The maximum Gasteiger partial charge on any atom is 0.394 e. The van der Waals surface area contributed by atoms with Gasteiger partial charge < -0.3 is 20.5 Å². The molecule has 0 spiro atoms. The molecule has 0 atom stereocenters. The Morgan fingerprint density at radius 2 is 2.00 bits per heavy atom. The first-order chi connectivity index (χ1) is 8.00. The van der Waals surface area contributed by atoms with Crippen molar-refractivity contribution in [1.82, 2.24) is 4.98 Å². The minimum absolute atomic E-state index is 0.00625. The van der Waals surface area contributed by atoms with Gasteiger partial charge in [0.15, 0.2) is 0 Å². The molecule has 0 aliphatic heterocycles. The molecule has 0 saturated heterocycles. The number of carbonyl (C=O) groups excluding carboxylic acids is 1. The third-order valence-corrected chi connectivity index (χ3v) is 3.10. The zero-order chi connectivity index (χ0) is 12.6. The fraction of sp³-hybridized carbons (Fsp3) is 0. The lowest BCUT2D eigenvalue weighted by atomic mass is 10.3. The summed E-state index contributed by atoms with van der Waals surface area (Å²) in [6, 6.07) is 1.64. The number of nitrogens with one attached hydrogen (secondary N) is 2. The lowest BCUT2D eigenvalue weighted by molar-refractivity contribution is -0.147. The van der Waals surface area contributed by atoms with Crippen molar-refractivity contribution in [1.29, 1.82) is 0 Å². The van der Waals surface area contributed by atoms with E-state index >= 15 is 0 Å². The van der Waals surface area contributed by atoms with Crippen molar-refractivity contribution in [3.05, 3.63) is 17.8 Å². The number of hydrogen-bond donors (Lipinski definition) is 4. The molecule has 2 rings (SSSR count). The SMILES string of the molecule is O=C(O)C(=O)Nc1sc2cc[nH]c2c1C(=O)O. The second-order valence-electron chi connectivity index (χ2n) is 3.09. The average molecular weight is 254 g/mol. The van der Waals surface area contributed by atoms with Crippen LogP contribution in [-0.2, 0) is 9.59 Å². The number of carbonyl (C=O) groups is 3. The third-order valence-electron chi connectivity index (χ3n) is 2.03. The summed E-state index contributed by atoms with van der Waals surface area (Å²) in [4.78, 5) is 35.1. The van der Waals surface area contributed by atoms with Crippen LogP contribution in [0.25, 0.3) is 10.2 Å². The van der Waals surface area contributed by atoms with Gasteiger partial charge >= 0.3 is 17.8 Å². The van der Waals surface area contributed by atoms with Gasteiger partial charge in [-0.25, -0.2) is 9.59 Å². The van der Waals surface area contributed by atoms with Crippen LogP contribution in [0.5, 0.6) is 0 Å². The summed E-state index contributed by atoms with van der Waals surface area (Å²) in [6.07, 6.45) is 1.57. The Bertz CT molecular complexity index is 626. The van der Waals surface area contributed by atoms with Crippen LogP contribution >= 0.6 is 11.3 Å². The van der Waals surface area contributed by atoms with Crippen LogP contribution in [0.4, 0.5) is 5.00 Å². The Labute approximate surface area is 97.7 Å². The number of hydrogen-bond acceptors (Lipinski definition) is 4. The van der Waals surface area contributed by atoms with Gasteiger partial charge in [0.2, 0.25) is 0 Å². The summed E-state index contributed by atoms with van der Waals surface area (Å²) in [5, 5.41) is 19.5. The topological polar surface area (TPSA) is 119 Å². The van der Waals surface area contributed by atoms with Crippen molar-refractivity contribution >= 4 is 44.4 Å². The summed E-state index contributed by atoms with van der Waals surface area (Å²) in [7, 11) is 0. The van der Waals surface area contributed by atoms with Gasteiger partial charge in [-0.2, -0.15) is 0 Å². The van der Waals surface area contributed by atoms with E-state index in [1.807, 2.05) is 5.32 Å². The molecule has 0 radical (unpaired) electrons. The van der Waals surface area contributed by atoms with E-state index in [1.54, 1.807) is 12.3 Å². The van der Waals surface area contributed by atoms with Crippen LogP contribution in [0.15, 0.2) is 12.3 Å². The molecule has 0 aliphatic rings. The molecule has 4 N–H and O–H groups in total. The zero-order valence-corrected chi connectivity index (χ0v) is 9.00. The van der Waals surface area contributed by atoms with Gasteiger partial charge in [-0.05, 0) is 6.07 Å². The predicted molar refractivity (Wildman–Crippen MR) is 59.4 cm³/mol. The normalized spacial score (nSPS) is 10.4. The van der Waals surface area contributed by atoms with Crippen LogP contribution in [0, 0.1) is 0 Å². The monoisotopic (exact) mass is 254 g/mol. The quantitative estimate of drug-likeness (QED) is 0.595. The van der Waals surface area contributed by atoms with Gasteiger partial charge in [-0.1, -0.05) is 0 Å². The number of carboxylic acids is 2. The Morgan fingerprint density at radius 1 is 1.29 bits per heavy atom. The fourth-order valence-corrected chi connectivity index (χ4v) is 2.41. The molecule has 2 aromatic heterocycles. The second kappa shape index (κ2) is 3.91. The standard InChI is InChI=1S/C9H6N2O5S/c12-6(9(15)16)11-7-4(8(13)14)5-3(17-7)1-2-10-5/h1-2,10H,(H,11,12)(H,13,14)(H,15,16). The number of carboxylic acid groups (broad SMARTS) is 2. The molecule has 0 unspecified atom stereocenters. The highest BCUT2D eigenvalue weighted by Gasteiger charge is 2.22. The van der Waals surface area contributed by atoms with Gasteiger partial charge in [-0.3, -0.25) is 4.79 Å². The van der Waals surface area contributed by atoms with Crippen molar-refractivity contribution in [3.63, 3.8) is 0 Å². The van der Waals surface area contributed by atoms with E-state index in [0.29, 0.717) is 10.2 Å². The molecule has 7 nitrogen and oxygen atoms in total. The van der Waals surface area contributed by atoms with E-state index in [0.717, 1.165) is 11.3 Å². The fourth-order valence-electron chi connectivity index (χ4n) is 1.36. The van der Waals surface area contributed by atoms with E-state index in [9.17, 15) is 14.4 Å². The van der Waals surface area contributed by atoms with Crippen LogP contribution in [0.2, 0.25) is 0 Å². The van der Waals surface area contributed by atoms with Gasteiger partial charge in [-0.15, -0.1) is 11.3 Å². The van der Waals surface area contributed by atoms with E-state index in [4.69, 9.17) is 10.2 Å². The van der Waals surface area contributed by atoms with E-state index < -0.39 is 17.8 Å². The minimum Gasteiger partial charge on any atom is -0.478 e. The molecule has 0 saturated carbocycles. The predicted octanol–water partition coefficient (Wildman–Crippen LogP) is 0.951. The molecule has 88 valence electrons. The first-order valence-corrected chi connectivity index (χ1v) is 5.20. The molecule has 0 fully saturated rings. The van der Waals surface area contributed by atoms with Crippen molar-refractivity contribution in [2.75, 3.05) is 5.32 Å². The maximum absolute atomic E-state index is 11.0. The van der Waals surface area contributed by atoms with E-state index in [2.05, 4.69) is 4.98 Å². The van der Waals surface area contributed by atoms with Crippen molar-refractivity contribution in [2.45, 2.75) is 0 Å². The Balaban J connectivity index is 2.49. The van der Waals surface area contributed by atoms with Crippen molar-refractivity contribution in [2.24, 2.45) is 0 Å². The lowest BCUT2D eigenvalue weighted by Crippen LogP contribution is -2.22. The highest BCUT2D eigenvalue weighted by Crippen LogP contribution is 2.34. The van der Waals surface area contributed by atoms with Crippen molar-refractivity contribution < 1.29 is 24.6 Å². The summed E-state index contributed by atoms with van der Waals surface area (Å²) in [6.45, 7) is 0. The summed E-state index contributed by atoms with van der Waals surface area (Å²) >= 11 is 0.997. The molecular weight excluding hydrogens is 248 g/mol. The zero-order valence-electron chi connectivity index (χ0n) is 8.18. The van der Waals surface area contributed by atoms with Gasteiger partial charge in [0.1, 0.15) is 10.6 Å². The highest BCUT2D eigenvalue weighted by molar-refractivity contribution is 7.23. The van der Waals surface area contributed by atoms with Crippen molar-refractivity contribution in [3.8, 4) is 0 Å². The number of anilines is 1. The number of thiophene rings is 1. The Hall–Kier alpha value is -2.35. The molecule has 0 aromatic carbocycles. The molecular formula is C9H6N2O5S. The first kappa shape index (κ1) is 11.1. The van der Waals surface area contributed by atoms with E-state index in [1.165, 1.54) is 0 Å². The molecule has 0 aliphatic carbocycles. The third kappa shape index (κ3) is 1.85. The number of aromatic nitrogens is 1. The maximum atomic E-state index is 11.0. The number of rotatable bonds is 2. The Kier molecular flexibility index (Phi) is 2.56. The number of amides is 1. The minimum atomic E-state index is -1.67. The van der Waals surface area contributed by atoms with E-state index in [-0.39, 0.29) is 10.6 Å². The number of H-pyrrole nitrogens is 1. The second-order valence-corrected chi connectivity index (χ2v) is 4.14. The van der Waals surface area contributed by atoms with Gasteiger partial charge in [0.05, 0.1) is 10.2 Å². The molecule has 17 heavy (non-hydrogen) atoms. The first-order valence-electron chi connectivity index (χ1n) is 4.38. The summed E-state index contributed by atoms with van der Waals surface area (Å²) < 4.78 is 0.628. The molecule has 8 heteroatoms. The molecule has 2 heterocycles. The molecule has 1 amide bonds. The number of aliphatic carboxylic acids is 1. The lowest BCUT2D eigenvalue weighted by Gasteiger charge is -1.99. The molecule has 2 aromatic rings. The average Bonchev–Trinajstić information content (AvgIpc) is 2.75. The number of aromatic amines is 1. The van der Waals surface area contributed by atoms with Crippen LogP contribution in [0.3, 0.4) is 0 Å². The van der Waals surface area contributed by atoms with Gasteiger partial charge in [0.25, 0.3) is 0 Å². The van der Waals surface area contributed by atoms with Gasteiger partial charge in [0, 0.05) is 6.20 Å². The molecule has 0 bridgehead atoms. The highest BCUT2D eigenvalue weighted by atomic mass is 32.1. The van der Waals surface area contributed by atoms with Crippen LogP contribution in [-0.4, -0.2) is 33.0 Å². The summed E-state index contributed by atoms with van der Waals surface area (Å²) in [5.41, 5.74) is 0.229.